The van der Waals surface area contributed by atoms with E-state index >= 15 is 0 Å². The largest absolute Gasteiger partial charge is 0.389 e. The third-order valence-electron chi connectivity index (χ3n) is 3.11. The third kappa shape index (κ3) is 3.73. The zero-order valence-electron chi connectivity index (χ0n) is 9.61. The lowest BCUT2D eigenvalue weighted by atomic mass is 9.98. The van der Waals surface area contributed by atoms with Gasteiger partial charge in [-0.25, -0.2) is 0 Å². The van der Waals surface area contributed by atoms with E-state index in [1.807, 2.05) is 18.2 Å². The Morgan fingerprint density at radius 1 is 1.06 bits per heavy atom. The van der Waals surface area contributed by atoms with Gasteiger partial charge in [-0.05, 0) is 49.0 Å². The third-order valence-corrected chi connectivity index (χ3v) is 3.11. The van der Waals surface area contributed by atoms with E-state index in [2.05, 4.69) is 5.32 Å². The molecule has 0 spiro atoms. The lowest BCUT2D eigenvalue weighted by Gasteiger charge is -2.10. The molecule has 17 heavy (non-hydrogen) atoms. The topological polar surface area (TPSA) is 12.0 Å². The highest BCUT2D eigenvalue weighted by Gasteiger charge is 2.26. The fraction of sp³-hybridized carbons (Fsp3) is 0.538. The summed E-state index contributed by atoms with van der Waals surface area (Å²) in [5, 5.41) is 3.29. The van der Waals surface area contributed by atoms with Gasteiger partial charge in [-0.1, -0.05) is 18.2 Å². The molecule has 0 amide bonds. The Morgan fingerprint density at radius 3 is 2.47 bits per heavy atom. The van der Waals surface area contributed by atoms with Crippen LogP contribution in [0, 0.1) is 0 Å². The molecule has 0 bridgehead atoms. The van der Waals surface area contributed by atoms with Crippen molar-refractivity contribution in [2.75, 3.05) is 13.1 Å². The second-order valence-electron chi connectivity index (χ2n) is 4.47. The van der Waals surface area contributed by atoms with Crippen LogP contribution < -0.4 is 5.32 Å². The van der Waals surface area contributed by atoms with Gasteiger partial charge < -0.3 is 5.32 Å². The summed E-state index contributed by atoms with van der Waals surface area (Å²) >= 11 is 0. The summed E-state index contributed by atoms with van der Waals surface area (Å²) in [6, 6.07) is 5.75. The molecule has 1 aromatic carbocycles. The monoisotopic (exact) mass is 243 g/mol. The maximum atomic E-state index is 12.1. The second kappa shape index (κ2) is 5.08. The molecule has 0 saturated carbocycles. The average molecular weight is 243 g/mol. The number of hydrogen-bond donors (Lipinski definition) is 1. The predicted molar refractivity (Wildman–Crippen MR) is 61.1 cm³/mol. The number of aryl methyl sites for hydroxylation is 1. The normalized spacial score (nSPS) is 16.4. The Hall–Kier alpha value is -1.03. The number of nitrogens with one attached hydrogen (secondary N) is 1. The number of hydrogen-bond acceptors (Lipinski definition) is 1. The maximum Gasteiger partial charge on any atom is 0.389 e. The first-order valence-corrected chi connectivity index (χ1v) is 5.93. The summed E-state index contributed by atoms with van der Waals surface area (Å²) in [4.78, 5) is 0. The van der Waals surface area contributed by atoms with Gasteiger partial charge >= 0.3 is 6.18 Å². The zero-order valence-corrected chi connectivity index (χ0v) is 9.61. The first kappa shape index (κ1) is 12.4. The number of benzene rings is 1. The van der Waals surface area contributed by atoms with Crippen LogP contribution in [0.25, 0.3) is 0 Å². The highest BCUT2D eigenvalue weighted by atomic mass is 19.4. The first-order valence-electron chi connectivity index (χ1n) is 5.93. The van der Waals surface area contributed by atoms with Crippen molar-refractivity contribution >= 4 is 0 Å². The maximum absolute atomic E-state index is 12.1. The highest BCUT2D eigenvalue weighted by Crippen LogP contribution is 2.23. The first-order chi connectivity index (χ1) is 8.04. The van der Waals surface area contributed by atoms with Crippen molar-refractivity contribution < 1.29 is 13.2 Å². The Balaban J connectivity index is 2.07. The van der Waals surface area contributed by atoms with Crippen LogP contribution in [0.3, 0.4) is 0 Å². The molecule has 94 valence electrons. The van der Waals surface area contributed by atoms with Crippen molar-refractivity contribution in [2.45, 2.75) is 31.9 Å². The summed E-state index contributed by atoms with van der Waals surface area (Å²) in [7, 11) is 0. The highest BCUT2D eigenvalue weighted by molar-refractivity contribution is 5.33. The Labute approximate surface area is 99.0 Å². The van der Waals surface area contributed by atoms with Crippen molar-refractivity contribution in [2.24, 2.45) is 0 Å². The van der Waals surface area contributed by atoms with Crippen LogP contribution in [0.4, 0.5) is 13.2 Å². The van der Waals surface area contributed by atoms with Crippen LogP contribution in [0.15, 0.2) is 18.2 Å². The molecule has 0 atom stereocenters. The number of fused-ring (bicyclic) bond motifs is 1. The molecule has 4 heteroatoms. The van der Waals surface area contributed by atoms with E-state index in [1.54, 1.807) is 0 Å². The van der Waals surface area contributed by atoms with Crippen molar-refractivity contribution in [3.05, 3.63) is 34.9 Å². The molecule has 0 saturated heterocycles. The van der Waals surface area contributed by atoms with Crippen molar-refractivity contribution in [1.82, 2.24) is 5.32 Å². The Bertz CT molecular complexity index is 385. The van der Waals surface area contributed by atoms with Gasteiger partial charge in [0.1, 0.15) is 0 Å². The molecular weight excluding hydrogens is 227 g/mol. The lowest BCUT2D eigenvalue weighted by molar-refractivity contribution is -0.133. The molecule has 0 aromatic heterocycles. The van der Waals surface area contributed by atoms with Gasteiger partial charge in [0.2, 0.25) is 0 Å². The molecule has 1 N–H and O–H groups in total. The van der Waals surface area contributed by atoms with E-state index in [4.69, 9.17) is 0 Å². The summed E-state index contributed by atoms with van der Waals surface area (Å²) in [5.74, 6) is 0. The fourth-order valence-electron chi connectivity index (χ4n) is 2.17. The molecular formula is C13H16F3N. The SMILES string of the molecule is FC(F)(F)CCc1ccc2c(c1)CCNCC2. The molecule has 1 aromatic rings. The van der Waals surface area contributed by atoms with E-state index in [1.165, 1.54) is 11.1 Å². The molecule has 1 heterocycles. The van der Waals surface area contributed by atoms with E-state index in [0.29, 0.717) is 0 Å². The van der Waals surface area contributed by atoms with Crippen molar-refractivity contribution in [3.8, 4) is 0 Å². The van der Waals surface area contributed by atoms with Gasteiger partial charge in [0.15, 0.2) is 0 Å². The molecule has 0 fully saturated rings. The molecule has 1 aliphatic heterocycles. The minimum atomic E-state index is -4.06. The van der Waals surface area contributed by atoms with E-state index in [-0.39, 0.29) is 6.42 Å². The average Bonchev–Trinajstić information content (AvgIpc) is 2.49. The smallest absolute Gasteiger partial charge is 0.316 e. The summed E-state index contributed by atoms with van der Waals surface area (Å²) < 4.78 is 36.4. The minimum Gasteiger partial charge on any atom is -0.316 e. The minimum absolute atomic E-state index is 0.0875. The lowest BCUT2D eigenvalue weighted by Crippen LogP contribution is -2.16. The van der Waals surface area contributed by atoms with E-state index in [9.17, 15) is 13.2 Å². The van der Waals surface area contributed by atoms with Gasteiger partial charge in [-0.2, -0.15) is 13.2 Å². The van der Waals surface area contributed by atoms with Gasteiger partial charge in [0.05, 0.1) is 0 Å². The Kier molecular flexibility index (Phi) is 3.72. The summed E-state index contributed by atoms with van der Waals surface area (Å²) in [6.45, 7) is 1.87. The summed E-state index contributed by atoms with van der Waals surface area (Å²) in [6.07, 6.45) is -2.83. The molecule has 0 radical (unpaired) electrons. The van der Waals surface area contributed by atoms with Gasteiger partial charge in [0.25, 0.3) is 0 Å². The van der Waals surface area contributed by atoms with E-state index < -0.39 is 12.6 Å². The molecule has 1 nitrogen and oxygen atoms in total. The fourth-order valence-corrected chi connectivity index (χ4v) is 2.17. The quantitative estimate of drug-likeness (QED) is 0.842. The van der Waals surface area contributed by atoms with Crippen LogP contribution in [0.5, 0.6) is 0 Å². The number of halogens is 3. The number of rotatable bonds is 2. The van der Waals surface area contributed by atoms with Crippen LogP contribution in [-0.2, 0) is 19.3 Å². The van der Waals surface area contributed by atoms with Crippen LogP contribution in [0.1, 0.15) is 23.1 Å². The van der Waals surface area contributed by atoms with Gasteiger partial charge in [-0.3, -0.25) is 0 Å². The molecule has 1 aliphatic rings. The second-order valence-corrected chi connectivity index (χ2v) is 4.47. The van der Waals surface area contributed by atoms with Crippen LogP contribution in [0.2, 0.25) is 0 Å². The standard InChI is InChI=1S/C13H16F3N/c14-13(15,16)6-3-10-1-2-11-4-7-17-8-5-12(11)9-10/h1-2,9,17H,3-8H2. The van der Waals surface area contributed by atoms with Gasteiger partial charge in [0, 0.05) is 6.42 Å². The summed E-state index contributed by atoms with van der Waals surface area (Å²) in [5.41, 5.74) is 3.27. The predicted octanol–water partition coefficient (Wildman–Crippen LogP) is 2.87. The molecule has 0 unspecified atom stereocenters. The van der Waals surface area contributed by atoms with E-state index in [0.717, 1.165) is 31.5 Å². The Morgan fingerprint density at radius 2 is 1.76 bits per heavy atom. The van der Waals surface area contributed by atoms with Crippen LogP contribution in [-0.4, -0.2) is 19.3 Å². The zero-order chi connectivity index (χ0) is 12.3. The number of alkyl halides is 3. The molecule has 0 aliphatic carbocycles. The van der Waals surface area contributed by atoms with Crippen molar-refractivity contribution in [1.29, 1.82) is 0 Å². The molecule has 2 rings (SSSR count). The van der Waals surface area contributed by atoms with Gasteiger partial charge in [-0.15, -0.1) is 0 Å². The van der Waals surface area contributed by atoms with Crippen LogP contribution >= 0.6 is 0 Å². The van der Waals surface area contributed by atoms with Crippen molar-refractivity contribution in [3.63, 3.8) is 0 Å².